The second-order valence-corrected chi connectivity index (χ2v) is 5.74. The zero-order chi connectivity index (χ0) is 13.5. The van der Waals surface area contributed by atoms with E-state index in [0.29, 0.717) is 5.92 Å². The third kappa shape index (κ3) is 4.38. The SMILES string of the molecule is C[C@H](CCO)CNCc1cnc(-c2cccnc2)s1. The molecular formula is C14H19N3OS. The van der Waals surface area contributed by atoms with E-state index in [-0.39, 0.29) is 6.61 Å². The number of aliphatic hydroxyl groups excluding tert-OH is 1. The van der Waals surface area contributed by atoms with E-state index in [4.69, 9.17) is 5.11 Å². The Labute approximate surface area is 117 Å². The molecule has 2 aromatic rings. The number of nitrogens with zero attached hydrogens (tertiary/aromatic N) is 2. The average Bonchev–Trinajstić information content (AvgIpc) is 2.89. The summed E-state index contributed by atoms with van der Waals surface area (Å²) in [6.45, 7) is 4.14. The maximum absolute atomic E-state index is 8.84. The van der Waals surface area contributed by atoms with Gasteiger partial charge >= 0.3 is 0 Å². The summed E-state index contributed by atoms with van der Waals surface area (Å²) in [6, 6.07) is 3.94. The van der Waals surface area contributed by atoms with E-state index in [1.54, 1.807) is 17.5 Å². The molecule has 1 atom stereocenters. The number of aliphatic hydroxyl groups is 1. The van der Waals surface area contributed by atoms with E-state index in [1.807, 2.05) is 24.5 Å². The maximum atomic E-state index is 8.84. The molecule has 5 heteroatoms. The van der Waals surface area contributed by atoms with Crippen LogP contribution in [0.5, 0.6) is 0 Å². The van der Waals surface area contributed by atoms with Gasteiger partial charge in [-0.3, -0.25) is 4.98 Å². The van der Waals surface area contributed by atoms with Crippen LogP contribution in [-0.2, 0) is 6.54 Å². The van der Waals surface area contributed by atoms with E-state index in [9.17, 15) is 0 Å². The molecule has 102 valence electrons. The predicted octanol–water partition coefficient (Wildman–Crippen LogP) is 2.31. The van der Waals surface area contributed by atoms with Crippen molar-refractivity contribution in [3.63, 3.8) is 0 Å². The lowest BCUT2D eigenvalue weighted by molar-refractivity contribution is 0.260. The standard InChI is InChI=1S/C14H19N3OS/c1-11(4-6-18)7-16-9-13-10-17-14(19-13)12-3-2-5-15-8-12/h2-3,5,8,10-11,16,18H,4,6-7,9H2,1H3/t11-/m1/s1. The smallest absolute Gasteiger partial charge is 0.125 e. The first kappa shape index (κ1) is 14.1. The van der Waals surface area contributed by atoms with Crippen LogP contribution in [0.25, 0.3) is 10.6 Å². The molecule has 2 rings (SSSR count). The molecule has 0 saturated carbocycles. The van der Waals surface area contributed by atoms with Crippen molar-refractivity contribution >= 4 is 11.3 Å². The van der Waals surface area contributed by atoms with Crippen LogP contribution in [0.2, 0.25) is 0 Å². The van der Waals surface area contributed by atoms with Crippen LogP contribution in [0, 0.1) is 5.92 Å². The molecule has 0 aromatic carbocycles. The first-order valence-electron chi connectivity index (χ1n) is 6.46. The summed E-state index contributed by atoms with van der Waals surface area (Å²) in [5.74, 6) is 0.496. The Morgan fingerprint density at radius 2 is 2.32 bits per heavy atom. The first-order valence-corrected chi connectivity index (χ1v) is 7.28. The van der Waals surface area contributed by atoms with Gasteiger partial charge < -0.3 is 10.4 Å². The van der Waals surface area contributed by atoms with Crippen molar-refractivity contribution < 1.29 is 5.11 Å². The lowest BCUT2D eigenvalue weighted by Gasteiger charge is -2.09. The summed E-state index contributed by atoms with van der Waals surface area (Å²) in [5.41, 5.74) is 1.06. The van der Waals surface area contributed by atoms with E-state index in [0.717, 1.165) is 30.1 Å². The molecule has 0 aliphatic rings. The second kappa shape index (κ2) is 7.33. The van der Waals surface area contributed by atoms with Crippen molar-refractivity contribution in [2.75, 3.05) is 13.2 Å². The third-order valence-corrected chi connectivity index (χ3v) is 3.92. The third-order valence-electron chi connectivity index (χ3n) is 2.88. The number of pyridine rings is 1. The van der Waals surface area contributed by atoms with E-state index < -0.39 is 0 Å². The van der Waals surface area contributed by atoms with Gasteiger partial charge in [0, 0.05) is 42.2 Å². The summed E-state index contributed by atoms with van der Waals surface area (Å²) < 4.78 is 0. The Bertz CT molecular complexity index is 486. The number of aromatic nitrogens is 2. The fraction of sp³-hybridized carbons (Fsp3) is 0.429. The van der Waals surface area contributed by atoms with E-state index in [2.05, 4.69) is 22.2 Å². The van der Waals surface area contributed by atoms with Crippen LogP contribution < -0.4 is 5.32 Å². The van der Waals surface area contributed by atoms with Crippen molar-refractivity contribution in [3.05, 3.63) is 35.6 Å². The summed E-state index contributed by atoms with van der Waals surface area (Å²) in [4.78, 5) is 9.74. The molecule has 0 spiro atoms. The van der Waals surface area contributed by atoms with E-state index in [1.165, 1.54) is 4.88 Å². The Kier molecular flexibility index (Phi) is 5.44. The largest absolute Gasteiger partial charge is 0.396 e. The Morgan fingerprint density at radius 1 is 1.42 bits per heavy atom. The summed E-state index contributed by atoms with van der Waals surface area (Å²) in [6.07, 6.45) is 6.36. The van der Waals surface area contributed by atoms with Crippen LogP contribution >= 0.6 is 11.3 Å². The van der Waals surface area contributed by atoms with Gasteiger partial charge in [0.05, 0.1) is 0 Å². The van der Waals surface area contributed by atoms with Gasteiger partial charge in [-0.1, -0.05) is 6.92 Å². The maximum Gasteiger partial charge on any atom is 0.125 e. The van der Waals surface area contributed by atoms with Gasteiger partial charge in [-0.25, -0.2) is 4.98 Å². The fourth-order valence-electron chi connectivity index (χ4n) is 1.78. The minimum atomic E-state index is 0.258. The summed E-state index contributed by atoms with van der Waals surface area (Å²) in [5, 5.41) is 13.2. The lowest BCUT2D eigenvalue weighted by atomic mass is 10.1. The summed E-state index contributed by atoms with van der Waals surface area (Å²) in [7, 11) is 0. The molecule has 2 aromatic heterocycles. The molecule has 0 amide bonds. The molecule has 0 aliphatic carbocycles. The highest BCUT2D eigenvalue weighted by atomic mass is 32.1. The number of thiazole rings is 1. The molecule has 2 N–H and O–H groups in total. The molecule has 19 heavy (non-hydrogen) atoms. The topological polar surface area (TPSA) is 58.0 Å². The van der Waals surface area contributed by atoms with Crippen LogP contribution in [-0.4, -0.2) is 28.2 Å². The van der Waals surface area contributed by atoms with Crippen LogP contribution in [0.1, 0.15) is 18.2 Å². The molecule has 4 nitrogen and oxygen atoms in total. The van der Waals surface area contributed by atoms with Gasteiger partial charge in [-0.05, 0) is 31.0 Å². The number of rotatable bonds is 7. The minimum absolute atomic E-state index is 0.258. The van der Waals surface area contributed by atoms with Gasteiger partial charge in [0.25, 0.3) is 0 Å². The Balaban J connectivity index is 1.85. The van der Waals surface area contributed by atoms with Crippen molar-refractivity contribution in [3.8, 4) is 10.6 Å². The highest BCUT2D eigenvalue weighted by molar-refractivity contribution is 7.15. The fourth-order valence-corrected chi connectivity index (χ4v) is 2.65. The number of hydrogen-bond donors (Lipinski definition) is 2. The molecule has 0 saturated heterocycles. The lowest BCUT2D eigenvalue weighted by Crippen LogP contribution is -2.20. The van der Waals surface area contributed by atoms with Crippen molar-refractivity contribution in [1.82, 2.24) is 15.3 Å². The molecular weight excluding hydrogens is 258 g/mol. The molecule has 0 bridgehead atoms. The second-order valence-electron chi connectivity index (χ2n) is 4.62. The average molecular weight is 277 g/mol. The van der Waals surface area contributed by atoms with Gasteiger partial charge in [-0.15, -0.1) is 11.3 Å². The molecule has 0 fully saturated rings. The first-order chi connectivity index (χ1) is 9.29. The quantitative estimate of drug-likeness (QED) is 0.815. The van der Waals surface area contributed by atoms with Crippen molar-refractivity contribution in [1.29, 1.82) is 0 Å². The Morgan fingerprint density at radius 3 is 3.05 bits per heavy atom. The van der Waals surface area contributed by atoms with Crippen LogP contribution in [0.15, 0.2) is 30.7 Å². The molecule has 2 heterocycles. The van der Waals surface area contributed by atoms with Crippen LogP contribution in [0.4, 0.5) is 0 Å². The molecule has 0 radical (unpaired) electrons. The minimum Gasteiger partial charge on any atom is -0.396 e. The zero-order valence-corrected chi connectivity index (χ0v) is 11.9. The number of nitrogens with one attached hydrogen (secondary N) is 1. The van der Waals surface area contributed by atoms with E-state index >= 15 is 0 Å². The van der Waals surface area contributed by atoms with Gasteiger partial charge in [0.15, 0.2) is 0 Å². The monoisotopic (exact) mass is 277 g/mol. The van der Waals surface area contributed by atoms with Crippen molar-refractivity contribution in [2.45, 2.75) is 19.9 Å². The predicted molar refractivity (Wildman–Crippen MR) is 77.9 cm³/mol. The van der Waals surface area contributed by atoms with Crippen molar-refractivity contribution in [2.24, 2.45) is 5.92 Å². The number of hydrogen-bond acceptors (Lipinski definition) is 5. The highest BCUT2D eigenvalue weighted by Gasteiger charge is 2.05. The zero-order valence-electron chi connectivity index (χ0n) is 11.0. The molecule has 0 unspecified atom stereocenters. The Hall–Kier alpha value is -1.30. The molecule has 0 aliphatic heterocycles. The van der Waals surface area contributed by atoms with Crippen LogP contribution in [0.3, 0.4) is 0 Å². The normalized spacial score (nSPS) is 12.5. The van der Waals surface area contributed by atoms with Gasteiger partial charge in [0.1, 0.15) is 5.01 Å². The summed E-state index contributed by atoms with van der Waals surface area (Å²) >= 11 is 1.69. The van der Waals surface area contributed by atoms with Gasteiger partial charge in [0.2, 0.25) is 0 Å². The highest BCUT2D eigenvalue weighted by Crippen LogP contribution is 2.23. The van der Waals surface area contributed by atoms with Gasteiger partial charge in [-0.2, -0.15) is 0 Å².